The fraction of sp³-hybridized carbons (Fsp3) is 0.267. The minimum Gasteiger partial charge on any atom is -0.502 e. The maximum atomic E-state index is 10.1. The molecule has 0 bridgehead atoms. The lowest BCUT2D eigenvalue weighted by atomic mass is 10.1. The van der Waals surface area contributed by atoms with E-state index in [9.17, 15) is 15.3 Å². The van der Waals surface area contributed by atoms with E-state index in [1.807, 2.05) is 30.3 Å². The lowest BCUT2D eigenvalue weighted by Crippen LogP contribution is -2.38. The van der Waals surface area contributed by atoms with Crippen LogP contribution >= 0.6 is 0 Å². The van der Waals surface area contributed by atoms with Gasteiger partial charge < -0.3 is 15.3 Å². The zero-order chi connectivity index (χ0) is 15.6. The van der Waals surface area contributed by atoms with E-state index in [1.165, 1.54) is 6.20 Å². The number of rotatable bonds is 4. The fourth-order valence-corrected chi connectivity index (χ4v) is 2.01. The molecule has 0 aliphatic heterocycles. The molecule has 2 aromatic rings. The third-order valence-electron chi connectivity index (χ3n) is 3.14. The number of nitrogens with zero attached hydrogens (tertiary/aromatic N) is 1. The van der Waals surface area contributed by atoms with Gasteiger partial charge in [-0.1, -0.05) is 30.3 Å². The Morgan fingerprint density at radius 3 is 2.47 bits per heavy atom. The van der Waals surface area contributed by atoms with E-state index in [0.29, 0.717) is 12.2 Å². The highest BCUT2D eigenvalue weighted by Crippen LogP contribution is 2.23. The second-order valence-electron chi connectivity index (χ2n) is 4.34. The van der Waals surface area contributed by atoms with E-state index in [0.717, 1.165) is 5.56 Å². The first-order valence-corrected chi connectivity index (χ1v) is 5.97. The van der Waals surface area contributed by atoms with Gasteiger partial charge in [-0.15, -0.1) is 0 Å². The van der Waals surface area contributed by atoms with Gasteiger partial charge in [0.2, 0.25) is 5.69 Å². The van der Waals surface area contributed by atoms with Crippen LogP contribution in [0.4, 0.5) is 0 Å². The Bertz CT molecular complexity index is 640. The van der Waals surface area contributed by atoms with Crippen molar-refractivity contribution in [3.8, 4) is 5.75 Å². The van der Waals surface area contributed by atoms with Crippen molar-refractivity contribution in [1.82, 2.24) is 0 Å². The van der Waals surface area contributed by atoms with Gasteiger partial charge in [-0.05, 0) is 0 Å². The molecule has 0 saturated carbocycles. The number of aliphatic hydroxyl groups excluding tert-OH is 1. The Morgan fingerprint density at radius 2 is 1.89 bits per heavy atom. The third-order valence-corrected chi connectivity index (χ3v) is 3.14. The molecule has 0 saturated heterocycles. The summed E-state index contributed by atoms with van der Waals surface area (Å²) in [5, 5.41) is 29.1. The van der Waals surface area contributed by atoms with Crippen molar-refractivity contribution in [1.29, 1.82) is 0 Å². The molecule has 0 unspecified atom stereocenters. The fourth-order valence-electron chi connectivity index (χ4n) is 2.01. The SMILES string of the molecule is [2H]C([2H])(O)c1c[n+](Cc2ccccc2)c(C)c(O)c1CO. The lowest BCUT2D eigenvalue weighted by Gasteiger charge is -2.10. The standard InChI is InChI=1S/C15H17NO3/c1-11-15(19)14(10-18)13(9-17)8-16(11)7-12-5-3-2-4-6-12/h2-6,8,17-18H,7,9-10H2,1H3/p+1/i9D2. The minimum atomic E-state index is -2.64. The van der Waals surface area contributed by atoms with Gasteiger partial charge in [0.05, 0.1) is 21.5 Å². The van der Waals surface area contributed by atoms with Gasteiger partial charge in [0.15, 0.2) is 18.5 Å². The summed E-state index contributed by atoms with van der Waals surface area (Å²) in [6.45, 7) is -1.08. The van der Waals surface area contributed by atoms with Crippen LogP contribution in [0.3, 0.4) is 0 Å². The van der Waals surface area contributed by atoms with E-state index in [2.05, 4.69) is 0 Å². The number of aromatic nitrogens is 1. The third kappa shape index (κ3) is 2.75. The van der Waals surface area contributed by atoms with Crippen molar-refractivity contribution in [2.24, 2.45) is 0 Å². The van der Waals surface area contributed by atoms with Gasteiger partial charge >= 0.3 is 0 Å². The van der Waals surface area contributed by atoms with Crippen molar-refractivity contribution in [3.05, 3.63) is 58.9 Å². The average Bonchev–Trinajstić information content (AvgIpc) is 2.44. The van der Waals surface area contributed by atoms with Crippen LogP contribution in [0, 0.1) is 6.92 Å². The molecule has 0 aliphatic carbocycles. The molecule has 4 nitrogen and oxygen atoms in total. The van der Waals surface area contributed by atoms with Gasteiger partial charge in [-0.2, -0.15) is 4.57 Å². The van der Waals surface area contributed by atoms with Crippen LogP contribution in [0.1, 0.15) is 25.1 Å². The second-order valence-corrected chi connectivity index (χ2v) is 4.34. The Morgan fingerprint density at radius 1 is 1.21 bits per heavy atom. The summed E-state index contributed by atoms with van der Waals surface area (Å²) in [4.78, 5) is 0. The molecule has 19 heavy (non-hydrogen) atoms. The molecule has 1 aromatic heterocycles. The van der Waals surface area contributed by atoms with Gasteiger partial charge in [0.1, 0.15) is 0 Å². The van der Waals surface area contributed by atoms with Gasteiger partial charge in [-0.3, -0.25) is 0 Å². The average molecular weight is 262 g/mol. The zero-order valence-corrected chi connectivity index (χ0v) is 10.7. The maximum Gasteiger partial charge on any atom is 0.220 e. The highest BCUT2D eigenvalue weighted by atomic mass is 16.3. The molecule has 1 aromatic carbocycles. The van der Waals surface area contributed by atoms with Crippen LogP contribution in [0.25, 0.3) is 0 Å². The first-order chi connectivity index (χ1) is 9.84. The van der Waals surface area contributed by atoms with Crippen LogP contribution in [0.2, 0.25) is 0 Å². The normalized spacial score (nSPS) is 13.0. The first-order valence-electron chi connectivity index (χ1n) is 6.97. The molecule has 0 spiro atoms. The van der Waals surface area contributed by atoms with Gasteiger partial charge in [0.25, 0.3) is 0 Å². The smallest absolute Gasteiger partial charge is 0.220 e. The van der Waals surface area contributed by atoms with Crippen LogP contribution in [0.15, 0.2) is 36.5 Å². The van der Waals surface area contributed by atoms with E-state index in [4.69, 9.17) is 2.74 Å². The van der Waals surface area contributed by atoms with Crippen molar-refractivity contribution in [2.45, 2.75) is 26.6 Å². The summed E-state index contributed by atoms with van der Waals surface area (Å²) in [5.41, 5.74) is 1.34. The summed E-state index contributed by atoms with van der Waals surface area (Å²) in [6, 6.07) is 9.50. The molecule has 4 heteroatoms. The van der Waals surface area contributed by atoms with E-state index < -0.39 is 13.2 Å². The van der Waals surface area contributed by atoms with Crippen LogP contribution in [0.5, 0.6) is 5.75 Å². The van der Waals surface area contributed by atoms with Crippen molar-refractivity contribution >= 4 is 0 Å². The molecular weight excluding hydrogens is 242 g/mol. The highest BCUT2D eigenvalue weighted by molar-refractivity contribution is 5.37. The van der Waals surface area contributed by atoms with E-state index in [-0.39, 0.29) is 16.9 Å². The summed E-state index contributed by atoms with van der Waals surface area (Å²) >= 11 is 0. The second kappa shape index (κ2) is 5.82. The topological polar surface area (TPSA) is 64.6 Å². The molecule has 1 heterocycles. The monoisotopic (exact) mass is 262 g/mol. The molecule has 0 atom stereocenters. The Hall–Kier alpha value is -1.91. The van der Waals surface area contributed by atoms with Gasteiger partial charge in [-0.25, -0.2) is 0 Å². The molecule has 2 rings (SSSR count). The van der Waals surface area contributed by atoms with E-state index in [1.54, 1.807) is 11.5 Å². The predicted octanol–water partition coefficient (Wildman–Crippen LogP) is 1.02. The molecule has 0 radical (unpaired) electrons. The van der Waals surface area contributed by atoms with Gasteiger partial charge in [0, 0.05) is 18.1 Å². The molecule has 0 aliphatic rings. The Balaban J connectivity index is 2.55. The number of benzene rings is 1. The van der Waals surface area contributed by atoms with Crippen LogP contribution in [-0.2, 0) is 19.7 Å². The number of hydrogen-bond acceptors (Lipinski definition) is 3. The number of pyridine rings is 1. The quantitative estimate of drug-likeness (QED) is 0.721. The predicted molar refractivity (Wildman–Crippen MR) is 70.4 cm³/mol. The maximum absolute atomic E-state index is 10.1. The van der Waals surface area contributed by atoms with Crippen LogP contribution in [-0.4, -0.2) is 15.3 Å². The first kappa shape index (κ1) is 11.0. The summed E-state index contributed by atoms with van der Waals surface area (Å²) in [7, 11) is 0. The molecular formula is C15H18NO3+. The molecule has 100 valence electrons. The highest BCUT2D eigenvalue weighted by Gasteiger charge is 2.20. The molecule has 0 fully saturated rings. The minimum absolute atomic E-state index is 0.00399. The molecule has 3 N–H and O–H groups in total. The van der Waals surface area contributed by atoms with Crippen LogP contribution < -0.4 is 4.57 Å². The van der Waals surface area contributed by atoms with E-state index >= 15 is 0 Å². The van der Waals surface area contributed by atoms with Crippen molar-refractivity contribution < 1.29 is 22.6 Å². The number of hydrogen-bond donors (Lipinski definition) is 3. The number of aromatic hydroxyl groups is 1. The largest absolute Gasteiger partial charge is 0.502 e. The Labute approximate surface area is 115 Å². The summed E-state index contributed by atoms with van der Waals surface area (Å²) < 4.78 is 16.5. The number of aliphatic hydroxyl groups is 2. The summed E-state index contributed by atoms with van der Waals surface area (Å²) in [6.07, 6.45) is 1.42. The zero-order valence-electron chi connectivity index (χ0n) is 12.7. The Kier molecular flexibility index (Phi) is 3.36. The molecule has 0 amide bonds. The van der Waals surface area contributed by atoms with Crippen molar-refractivity contribution in [2.75, 3.05) is 0 Å². The van der Waals surface area contributed by atoms with Crippen molar-refractivity contribution in [3.63, 3.8) is 0 Å². The summed E-state index contributed by atoms with van der Waals surface area (Å²) in [5.74, 6) is -0.205. The lowest BCUT2D eigenvalue weighted by molar-refractivity contribution is -0.695.